The normalized spacial score (nSPS) is 10.4. The Labute approximate surface area is 113 Å². The lowest BCUT2D eigenvalue weighted by atomic mass is 10.1. The van der Waals surface area contributed by atoms with E-state index in [2.05, 4.69) is 21.0 Å². The average Bonchev–Trinajstić information content (AvgIpc) is 2.65. The first-order valence-corrected chi connectivity index (χ1v) is 6.00. The lowest BCUT2D eigenvalue weighted by molar-refractivity contribution is 0.0594. The molecule has 2 rings (SSSR count). The first-order chi connectivity index (χ1) is 8.54. The third-order valence-electron chi connectivity index (χ3n) is 2.58. The average molecular weight is 310 g/mol. The molecule has 0 saturated carbocycles. The Bertz CT molecular complexity index is 607. The van der Waals surface area contributed by atoms with Crippen molar-refractivity contribution in [2.24, 2.45) is 7.05 Å². The number of carbonyl (C=O) groups excluding carboxylic acids is 1. The Morgan fingerprint density at radius 1 is 1.50 bits per heavy atom. The van der Waals surface area contributed by atoms with E-state index in [0.717, 1.165) is 10.0 Å². The summed E-state index contributed by atoms with van der Waals surface area (Å²) in [5.74, 6) is -0.0780. The van der Waals surface area contributed by atoms with Gasteiger partial charge in [-0.05, 0) is 17.7 Å². The Morgan fingerprint density at radius 2 is 2.22 bits per heavy atom. The number of nitrogen functional groups attached to an aromatic ring is 1. The molecular formula is C12H12BrN3O2. The highest BCUT2D eigenvalue weighted by Gasteiger charge is 2.22. The van der Waals surface area contributed by atoms with Crippen LogP contribution in [0.1, 0.15) is 10.5 Å². The van der Waals surface area contributed by atoms with Crippen molar-refractivity contribution in [3.8, 4) is 11.1 Å². The minimum absolute atomic E-state index is 0.218. The zero-order chi connectivity index (χ0) is 13.3. The maximum absolute atomic E-state index is 11.7. The molecule has 0 radical (unpaired) electrons. The summed E-state index contributed by atoms with van der Waals surface area (Å²) < 4.78 is 7.08. The number of halogens is 1. The summed E-state index contributed by atoms with van der Waals surface area (Å²) in [6.45, 7) is 0. The van der Waals surface area contributed by atoms with Crippen LogP contribution in [0.5, 0.6) is 0 Å². The molecule has 0 amide bonds. The van der Waals surface area contributed by atoms with Crippen molar-refractivity contribution in [2.75, 3.05) is 12.8 Å². The molecule has 1 aromatic heterocycles. The van der Waals surface area contributed by atoms with E-state index in [-0.39, 0.29) is 5.69 Å². The molecule has 0 unspecified atom stereocenters. The molecule has 18 heavy (non-hydrogen) atoms. The van der Waals surface area contributed by atoms with Gasteiger partial charge < -0.3 is 10.5 Å². The number of esters is 1. The number of methoxy groups -OCH3 is 1. The van der Waals surface area contributed by atoms with Gasteiger partial charge in [-0.25, -0.2) is 4.79 Å². The molecule has 0 spiro atoms. The molecule has 1 heterocycles. The van der Waals surface area contributed by atoms with Crippen molar-refractivity contribution in [3.63, 3.8) is 0 Å². The van der Waals surface area contributed by atoms with E-state index in [0.29, 0.717) is 11.4 Å². The number of benzene rings is 1. The van der Waals surface area contributed by atoms with Gasteiger partial charge in [-0.1, -0.05) is 28.1 Å². The number of nitrogens with zero attached hydrogens (tertiary/aromatic N) is 2. The molecule has 0 aliphatic rings. The third kappa shape index (κ3) is 2.11. The van der Waals surface area contributed by atoms with Gasteiger partial charge in [0.05, 0.1) is 12.7 Å². The Balaban J connectivity index is 2.66. The number of aromatic nitrogens is 2. The van der Waals surface area contributed by atoms with Gasteiger partial charge in [-0.3, -0.25) is 4.68 Å². The largest absolute Gasteiger partial charge is 0.464 e. The Hall–Kier alpha value is -1.82. The minimum atomic E-state index is -0.503. The fourth-order valence-electron chi connectivity index (χ4n) is 1.71. The SMILES string of the molecule is COC(=O)c1nn(C)c(N)c1-c1cccc(Br)c1. The highest BCUT2D eigenvalue weighted by atomic mass is 79.9. The second-order valence-corrected chi connectivity index (χ2v) is 4.65. The van der Waals surface area contributed by atoms with E-state index in [9.17, 15) is 4.79 Å². The molecule has 94 valence electrons. The van der Waals surface area contributed by atoms with E-state index in [4.69, 9.17) is 10.5 Å². The highest BCUT2D eigenvalue weighted by Crippen LogP contribution is 2.31. The number of hydrogen-bond acceptors (Lipinski definition) is 4. The van der Waals surface area contributed by atoms with Gasteiger partial charge >= 0.3 is 5.97 Å². The van der Waals surface area contributed by atoms with Crippen LogP contribution >= 0.6 is 15.9 Å². The van der Waals surface area contributed by atoms with Crippen molar-refractivity contribution >= 4 is 27.7 Å². The number of rotatable bonds is 2. The molecule has 0 atom stereocenters. The van der Waals surface area contributed by atoms with E-state index >= 15 is 0 Å². The van der Waals surface area contributed by atoms with E-state index in [1.807, 2.05) is 24.3 Å². The van der Waals surface area contributed by atoms with Gasteiger partial charge in [-0.15, -0.1) is 0 Å². The Kier molecular flexibility index (Phi) is 3.38. The van der Waals surface area contributed by atoms with Crippen LogP contribution in [0.2, 0.25) is 0 Å². The quantitative estimate of drug-likeness (QED) is 0.864. The van der Waals surface area contributed by atoms with Crippen LogP contribution in [0.3, 0.4) is 0 Å². The summed E-state index contributed by atoms with van der Waals surface area (Å²) in [7, 11) is 3.00. The lowest BCUT2D eigenvalue weighted by Gasteiger charge is -2.03. The maximum Gasteiger partial charge on any atom is 0.359 e. The van der Waals surface area contributed by atoms with Crippen LogP contribution in [0, 0.1) is 0 Å². The van der Waals surface area contributed by atoms with E-state index < -0.39 is 5.97 Å². The molecule has 6 heteroatoms. The fraction of sp³-hybridized carbons (Fsp3) is 0.167. The molecule has 0 fully saturated rings. The van der Waals surface area contributed by atoms with Gasteiger partial charge in [-0.2, -0.15) is 5.10 Å². The van der Waals surface area contributed by atoms with Crippen molar-refractivity contribution in [1.82, 2.24) is 9.78 Å². The topological polar surface area (TPSA) is 70.1 Å². The number of ether oxygens (including phenoxy) is 1. The van der Waals surface area contributed by atoms with Crippen LogP contribution in [-0.2, 0) is 11.8 Å². The Morgan fingerprint density at radius 3 is 2.83 bits per heavy atom. The van der Waals surface area contributed by atoms with Crippen molar-refractivity contribution in [2.45, 2.75) is 0 Å². The molecule has 1 aromatic carbocycles. The standard InChI is InChI=1S/C12H12BrN3O2/c1-16-11(14)9(10(15-16)12(17)18-2)7-4-3-5-8(13)6-7/h3-6H,14H2,1-2H3. The molecule has 2 aromatic rings. The summed E-state index contributed by atoms with van der Waals surface area (Å²) in [6, 6.07) is 7.51. The number of nitrogens with two attached hydrogens (primary N) is 1. The van der Waals surface area contributed by atoms with Gasteiger partial charge in [0.25, 0.3) is 0 Å². The molecule has 5 nitrogen and oxygen atoms in total. The molecule has 0 saturated heterocycles. The number of anilines is 1. The van der Waals surface area contributed by atoms with Crippen LogP contribution in [0.4, 0.5) is 5.82 Å². The van der Waals surface area contributed by atoms with Gasteiger partial charge in [0.2, 0.25) is 0 Å². The zero-order valence-corrected chi connectivity index (χ0v) is 11.6. The summed E-state index contributed by atoms with van der Waals surface area (Å²) in [5.41, 5.74) is 7.58. The highest BCUT2D eigenvalue weighted by molar-refractivity contribution is 9.10. The number of carbonyl (C=O) groups is 1. The number of hydrogen-bond donors (Lipinski definition) is 1. The molecule has 0 aliphatic carbocycles. The van der Waals surface area contributed by atoms with Crippen LogP contribution in [0.15, 0.2) is 28.7 Å². The van der Waals surface area contributed by atoms with Crippen molar-refractivity contribution in [1.29, 1.82) is 0 Å². The van der Waals surface area contributed by atoms with E-state index in [1.54, 1.807) is 7.05 Å². The van der Waals surface area contributed by atoms with Crippen LogP contribution in [0.25, 0.3) is 11.1 Å². The molecule has 2 N–H and O–H groups in total. The van der Waals surface area contributed by atoms with Gasteiger partial charge in [0.1, 0.15) is 5.82 Å². The zero-order valence-electron chi connectivity index (χ0n) is 9.98. The lowest BCUT2D eigenvalue weighted by Crippen LogP contribution is -2.04. The second kappa shape index (κ2) is 4.81. The summed E-state index contributed by atoms with van der Waals surface area (Å²) >= 11 is 3.39. The molecule has 0 bridgehead atoms. The predicted molar refractivity (Wildman–Crippen MR) is 72.1 cm³/mol. The predicted octanol–water partition coefficient (Wildman–Crippen LogP) is 2.22. The van der Waals surface area contributed by atoms with Crippen molar-refractivity contribution < 1.29 is 9.53 Å². The first-order valence-electron chi connectivity index (χ1n) is 5.21. The minimum Gasteiger partial charge on any atom is -0.464 e. The first kappa shape index (κ1) is 12.6. The van der Waals surface area contributed by atoms with Gasteiger partial charge in [0.15, 0.2) is 5.69 Å². The number of aryl methyl sites for hydroxylation is 1. The van der Waals surface area contributed by atoms with Crippen molar-refractivity contribution in [3.05, 3.63) is 34.4 Å². The summed E-state index contributed by atoms with van der Waals surface area (Å²) in [4.78, 5) is 11.7. The van der Waals surface area contributed by atoms with Crippen LogP contribution < -0.4 is 5.73 Å². The smallest absolute Gasteiger partial charge is 0.359 e. The monoisotopic (exact) mass is 309 g/mol. The van der Waals surface area contributed by atoms with E-state index in [1.165, 1.54) is 11.8 Å². The van der Waals surface area contributed by atoms with Gasteiger partial charge in [0, 0.05) is 11.5 Å². The summed E-state index contributed by atoms with van der Waals surface area (Å²) in [6.07, 6.45) is 0. The molecule has 0 aliphatic heterocycles. The maximum atomic E-state index is 11.7. The fourth-order valence-corrected chi connectivity index (χ4v) is 2.10. The van der Waals surface area contributed by atoms with Crippen LogP contribution in [-0.4, -0.2) is 22.9 Å². The third-order valence-corrected chi connectivity index (χ3v) is 3.08. The summed E-state index contributed by atoms with van der Waals surface area (Å²) in [5, 5.41) is 4.09. The second-order valence-electron chi connectivity index (χ2n) is 3.73. The molecular weight excluding hydrogens is 298 g/mol.